The zero-order valence-corrected chi connectivity index (χ0v) is 19.6. The quantitative estimate of drug-likeness (QED) is 0.515. The topological polar surface area (TPSA) is 103 Å². The normalized spacial score (nSPS) is 14.7. The third-order valence-corrected chi connectivity index (χ3v) is 6.35. The molecule has 0 atom stereocenters. The van der Waals surface area contributed by atoms with E-state index < -0.39 is 0 Å². The van der Waals surface area contributed by atoms with E-state index in [9.17, 15) is 14.4 Å². The molecule has 1 amide bonds. The number of carbonyl (C=O) groups excluding carboxylic acids is 1. The molecule has 10 heteroatoms. The van der Waals surface area contributed by atoms with E-state index in [2.05, 4.69) is 41.0 Å². The molecule has 0 radical (unpaired) electrons. The Bertz CT molecular complexity index is 1280. The summed E-state index contributed by atoms with van der Waals surface area (Å²) in [5.74, 6) is -0.215. The van der Waals surface area contributed by atoms with E-state index in [0.717, 1.165) is 44.0 Å². The lowest BCUT2D eigenvalue weighted by atomic mass is 10.1. The van der Waals surface area contributed by atoms with Crippen molar-refractivity contribution in [2.45, 2.75) is 20.0 Å². The van der Waals surface area contributed by atoms with Crippen LogP contribution in [0.1, 0.15) is 23.0 Å². The first-order valence-electron chi connectivity index (χ1n) is 10.5. The van der Waals surface area contributed by atoms with Gasteiger partial charge in [-0.3, -0.25) is 19.1 Å². The third kappa shape index (κ3) is 4.33. The number of aromatic nitrogens is 3. The molecule has 1 fully saturated rings. The van der Waals surface area contributed by atoms with Crippen molar-refractivity contribution in [2.75, 3.05) is 38.1 Å². The summed E-state index contributed by atoms with van der Waals surface area (Å²) >= 11 is 3.49. The summed E-state index contributed by atoms with van der Waals surface area (Å²) in [7, 11) is 1.58. The van der Waals surface area contributed by atoms with Gasteiger partial charge in [-0.15, -0.1) is 0 Å². The fraction of sp³-hybridized carbons (Fsp3) is 0.364. The fourth-order valence-corrected chi connectivity index (χ4v) is 4.58. The molecule has 1 aliphatic rings. The van der Waals surface area contributed by atoms with Crippen LogP contribution in [0.5, 0.6) is 0 Å². The standard InChI is InChI=1S/C22H25BrN6O3/c1-3-29-21(31)15-5-4-14(12-17(15)26-22(29)32)13-27-8-10-28(11-9-27)18-7-6-16(20(30)24-2)25-19(18)23/h4-7,12H,3,8-11,13H2,1-2H3,(H,24,30)(H,26,32). The van der Waals surface area contributed by atoms with Gasteiger partial charge in [0, 0.05) is 46.3 Å². The Kier molecular flexibility index (Phi) is 6.43. The summed E-state index contributed by atoms with van der Waals surface area (Å²) in [6, 6.07) is 9.28. The number of benzene rings is 1. The van der Waals surface area contributed by atoms with Gasteiger partial charge in [0.1, 0.15) is 10.3 Å². The van der Waals surface area contributed by atoms with Gasteiger partial charge in [-0.1, -0.05) is 6.07 Å². The number of piperazine rings is 1. The van der Waals surface area contributed by atoms with Crippen molar-refractivity contribution < 1.29 is 4.79 Å². The molecule has 3 heterocycles. The second-order valence-electron chi connectivity index (χ2n) is 7.71. The number of pyridine rings is 1. The minimum atomic E-state index is -0.377. The Hall–Kier alpha value is -2.98. The predicted octanol–water partition coefficient (Wildman–Crippen LogP) is 1.55. The van der Waals surface area contributed by atoms with Gasteiger partial charge in [-0.05, 0) is 52.7 Å². The van der Waals surface area contributed by atoms with Crippen molar-refractivity contribution in [2.24, 2.45) is 0 Å². The van der Waals surface area contributed by atoms with Crippen LogP contribution in [0.2, 0.25) is 0 Å². The molecule has 2 N–H and O–H groups in total. The third-order valence-electron chi connectivity index (χ3n) is 5.77. The summed E-state index contributed by atoms with van der Waals surface area (Å²) in [4.78, 5) is 48.1. The van der Waals surface area contributed by atoms with E-state index in [1.165, 1.54) is 4.57 Å². The van der Waals surface area contributed by atoms with Gasteiger partial charge in [0.25, 0.3) is 11.5 Å². The van der Waals surface area contributed by atoms with E-state index in [-0.39, 0.29) is 17.2 Å². The smallest absolute Gasteiger partial charge is 0.328 e. The van der Waals surface area contributed by atoms with Gasteiger partial charge < -0.3 is 15.2 Å². The number of fused-ring (bicyclic) bond motifs is 1. The molecule has 0 bridgehead atoms. The molecular weight excluding hydrogens is 476 g/mol. The minimum Gasteiger partial charge on any atom is -0.367 e. The molecule has 168 valence electrons. The van der Waals surface area contributed by atoms with Gasteiger partial charge in [-0.2, -0.15) is 0 Å². The first-order chi connectivity index (χ1) is 15.4. The monoisotopic (exact) mass is 500 g/mol. The summed E-state index contributed by atoms with van der Waals surface area (Å²) in [6.07, 6.45) is 0. The number of aromatic amines is 1. The number of anilines is 1. The highest BCUT2D eigenvalue weighted by atomic mass is 79.9. The molecule has 1 aromatic carbocycles. The summed E-state index contributed by atoms with van der Waals surface area (Å²) in [6.45, 7) is 6.22. The van der Waals surface area contributed by atoms with Crippen molar-refractivity contribution in [3.8, 4) is 0 Å². The van der Waals surface area contributed by atoms with Gasteiger partial charge in [0.2, 0.25) is 0 Å². The summed E-state index contributed by atoms with van der Waals surface area (Å²) in [5, 5.41) is 3.10. The van der Waals surface area contributed by atoms with Crippen molar-refractivity contribution in [1.29, 1.82) is 0 Å². The molecule has 4 rings (SSSR count). The molecule has 0 spiro atoms. The number of nitrogens with zero attached hydrogens (tertiary/aromatic N) is 4. The number of halogens is 1. The number of amides is 1. The molecule has 0 unspecified atom stereocenters. The Morgan fingerprint density at radius 1 is 1.16 bits per heavy atom. The van der Waals surface area contributed by atoms with Gasteiger partial charge in [0.05, 0.1) is 16.6 Å². The second-order valence-corrected chi connectivity index (χ2v) is 8.46. The van der Waals surface area contributed by atoms with E-state index >= 15 is 0 Å². The molecule has 1 saturated heterocycles. The van der Waals surface area contributed by atoms with Crippen LogP contribution in [0.3, 0.4) is 0 Å². The number of carbonyl (C=O) groups is 1. The lowest BCUT2D eigenvalue weighted by Gasteiger charge is -2.36. The van der Waals surface area contributed by atoms with Crippen LogP contribution in [0.15, 0.2) is 44.5 Å². The van der Waals surface area contributed by atoms with Gasteiger partial charge in [0.15, 0.2) is 0 Å². The van der Waals surface area contributed by atoms with Crippen molar-refractivity contribution >= 4 is 38.4 Å². The molecule has 9 nitrogen and oxygen atoms in total. The summed E-state index contributed by atoms with van der Waals surface area (Å²) in [5.41, 5.74) is 2.33. The zero-order chi connectivity index (χ0) is 22.8. The summed E-state index contributed by atoms with van der Waals surface area (Å²) < 4.78 is 1.86. The molecule has 2 aromatic heterocycles. The Morgan fingerprint density at radius 3 is 2.56 bits per heavy atom. The SMILES string of the molecule is CCn1c(=O)[nH]c2cc(CN3CCN(c4ccc(C(=O)NC)nc4Br)CC3)ccc2c1=O. The lowest BCUT2D eigenvalue weighted by Crippen LogP contribution is -2.46. The Morgan fingerprint density at radius 2 is 1.91 bits per heavy atom. The molecule has 32 heavy (non-hydrogen) atoms. The van der Waals surface area contributed by atoms with Crippen LogP contribution >= 0.6 is 15.9 Å². The predicted molar refractivity (Wildman–Crippen MR) is 127 cm³/mol. The van der Waals surface area contributed by atoms with Crippen LogP contribution in [-0.4, -0.2) is 58.6 Å². The fourth-order valence-electron chi connectivity index (χ4n) is 4.01. The number of nitrogens with one attached hydrogen (secondary N) is 2. The van der Waals surface area contributed by atoms with Crippen LogP contribution in [0, 0.1) is 0 Å². The van der Waals surface area contributed by atoms with Crippen molar-refractivity contribution in [3.05, 3.63) is 67.0 Å². The zero-order valence-electron chi connectivity index (χ0n) is 18.0. The second kappa shape index (κ2) is 9.25. The maximum Gasteiger partial charge on any atom is 0.328 e. The lowest BCUT2D eigenvalue weighted by molar-refractivity contribution is 0.0958. The maximum atomic E-state index is 12.5. The van der Waals surface area contributed by atoms with E-state index in [0.29, 0.717) is 27.7 Å². The number of H-pyrrole nitrogens is 1. The average molecular weight is 501 g/mol. The van der Waals surface area contributed by atoms with E-state index in [4.69, 9.17) is 0 Å². The number of hydrogen-bond donors (Lipinski definition) is 2. The highest BCUT2D eigenvalue weighted by Crippen LogP contribution is 2.26. The largest absolute Gasteiger partial charge is 0.367 e. The minimum absolute atomic E-state index is 0.215. The molecular formula is C22H25BrN6O3. The van der Waals surface area contributed by atoms with E-state index in [1.54, 1.807) is 26.1 Å². The highest BCUT2D eigenvalue weighted by Gasteiger charge is 2.20. The van der Waals surface area contributed by atoms with Crippen LogP contribution in [0.25, 0.3) is 10.9 Å². The average Bonchev–Trinajstić information content (AvgIpc) is 2.79. The van der Waals surface area contributed by atoms with Crippen molar-refractivity contribution in [1.82, 2.24) is 24.8 Å². The molecule has 1 aliphatic heterocycles. The first kappa shape index (κ1) is 22.2. The first-order valence-corrected chi connectivity index (χ1v) is 11.3. The maximum absolute atomic E-state index is 12.5. The van der Waals surface area contributed by atoms with E-state index in [1.807, 2.05) is 18.2 Å². The molecule has 0 aliphatic carbocycles. The van der Waals surface area contributed by atoms with Gasteiger partial charge >= 0.3 is 5.69 Å². The number of rotatable bonds is 5. The van der Waals surface area contributed by atoms with Gasteiger partial charge in [-0.25, -0.2) is 9.78 Å². The van der Waals surface area contributed by atoms with Crippen molar-refractivity contribution in [3.63, 3.8) is 0 Å². The molecule has 3 aromatic rings. The van der Waals surface area contributed by atoms with Crippen LogP contribution in [0.4, 0.5) is 5.69 Å². The van der Waals surface area contributed by atoms with Crippen LogP contribution < -0.4 is 21.5 Å². The Labute approximate surface area is 193 Å². The Balaban J connectivity index is 1.44. The number of hydrogen-bond acceptors (Lipinski definition) is 6. The molecule has 0 saturated carbocycles. The van der Waals surface area contributed by atoms with Crippen LogP contribution in [-0.2, 0) is 13.1 Å². The highest BCUT2D eigenvalue weighted by molar-refractivity contribution is 9.10.